The minimum atomic E-state index is -1.10. The molecule has 0 radical (unpaired) electrons. The molecule has 4 nitrogen and oxygen atoms in total. The van der Waals surface area contributed by atoms with Crippen LogP contribution in [0.5, 0.6) is 0 Å². The van der Waals surface area contributed by atoms with E-state index < -0.39 is 5.97 Å². The van der Waals surface area contributed by atoms with Gasteiger partial charge in [0.05, 0.1) is 10.5 Å². The van der Waals surface area contributed by atoms with Gasteiger partial charge < -0.3 is 10.1 Å². The number of benzene rings is 1. The fraction of sp³-hybridized carbons (Fsp3) is 0. The Morgan fingerprint density at radius 2 is 2.29 bits per heavy atom. The monoisotopic (exact) mass is 274 g/mol. The highest BCUT2D eigenvalue weighted by molar-refractivity contribution is 9.10. The predicted molar refractivity (Wildman–Crippen MR) is 55.8 cm³/mol. The summed E-state index contributed by atoms with van der Waals surface area (Å²) in [5.41, 5.74) is 1.06. The van der Waals surface area contributed by atoms with Crippen LogP contribution in [0.15, 0.2) is 16.6 Å². The van der Waals surface area contributed by atoms with E-state index in [-0.39, 0.29) is 5.82 Å². The Bertz CT molecular complexity index is 523. The van der Waals surface area contributed by atoms with Gasteiger partial charge in [0.25, 0.3) is 0 Å². The van der Waals surface area contributed by atoms with Crippen LogP contribution in [0.1, 0.15) is 10.6 Å². The van der Waals surface area contributed by atoms with Gasteiger partial charge in [0, 0.05) is 4.47 Å². The largest absolute Gasteiger partial charge is 0.475 e. The number of H-pyrrole nitrogens is 1. The molecule has 0 bridgehead atoms. The molecular weight excluding hydrogens is 271 g/mol. The highest BCUT2D eigenvalue weighted by atomic mass is 79.9. The second-order valence-electron chi connectivity index (χ2n) is 2.67. The summed E-state index contributed by atoms with van der Waals surface area (Å²) in [7, 11) is 0. The normalized spacial score (nSPS) is 10.7. The number of hydrogen-bond acceptors (Lipinski definition) is 2. The molecule has 14 heavy (non-hydrogen) atoms. The van der Waals surface area contributed by atoms with E-state index in [9.17, 15) is 4.79 Å². The number of fused-ring (bicyclic) bond motifs is 1. The summed E-state index contributed by atoms with van der Waals surface area (Å²) in [6.07, 6.45) is 0. The van der Waals surface area contributed by atoms with Crippen molar-refractivity contribution in [3.05, 3.63) is 27.5 Å². The summed E-state index contributed by atoms with van der Waals surface area (Å²) in [5.74, 6) is -1.21. The predicted octanol–water partition coefficient (Wildman–Crippen LogP) is 2.68. The third-order valence-corrected chi connectivity index (χ3v) is 2.45. The van der Waals surface area contributed by atoms with Gasteiger partial charge in [0.15, 0.2) is 0 Å². The summed E-state index contributed by atoms with van der Waals surface area (Å²) in [5, 5.41) is 9.11. The quantitative estimate of drug-likeness (QED) is 0.841. The number of hydrogen-bond donors (Lipinski definition) is 2. The molecule has 2 rings (SSSR count). The topological polar surface area (TPSA) is 66.0 Å². The van der Waals surface area contributed by atoms with Crippen LogP contribution in [0.3, 0.4) is 0 Å². The maximum Gasteiger partial charge on any atom is 0.371 e. The number of aromatic carboxylic acids is 1. The first-order chi connectivity index (χ1) is 6.58. The molecule has 0 amide bonds. The van der Waals surface area contributed by atoms with Crippen LogP contribution in [-0.4, -0.2) is 21.0 Å². The zero-order chi connectivity index (χ0) is 10.3. The second kappa shape index (κ2) is 3.25. The van der Waals surface area contributed by atoms with Crippen LogP contribution in [0, 0.1) is 0 Å². The molecule has 0 aliphatic rings. The standard InChI is InChI=1S/C8H4BrClN2O2/c9-3-1-4(10)6-5(2-3)11-7(12-6)8(13)14/h1-2H,(H,11,12)(H,13,14). The van der Waals surface area contributed by atoms with Gasteiger partial charge in [-0.25, -0.2) is 9.78 Å². The van der Waals surface area contributed by atoms with E-state index in [0.29, 0.717) is 16.1 Å². The van der Waals surface area contributed by atoms with Crippen LogP contribution in [0.25, 0.3) is 11.0 Å². The molecule has 1 aromatic carbocycles. The SMILES string of the molecule is O=C(O)c1nc2c(Cl)cc(Br)cc2[nH]1. The van der Waals surface area contributed by atoms with Crippen molar-refractivity contribution in [3.8, 4) is 0 Å². The Labute approximate surface area is 92.0 Å². The molecule has 6 heteroatoms. The summed E-state index contributed by atoms with van der Waals surface area (Å²) in [6.45, 7) is 0. The smallest absolute Gasteiger partial charge is 0.371 e. The lowest BCUT2D eigenvalue weighted by Gasteiger charge is -1.92. The van der Waals surface area contributed by atoms with Crippen molar-refractivity contribution in [2.24, 2.45) is 0 Å². The maximum atomic E-state index is 10.6. The minimum Gasteiger partial charge on any atom is -0.475 e. The Morgan fingerprint density at radius 1 is 1.57 bits per heavy atom. The van der Waals surface area contributed by atoms with Crippen LogP contribution in [-0.2, 0) is 0 Å². The van der Waals surface area contributed by atoms with E-state index in [2.05, 4.69) is 25.9 Å². The summed E-state index contributed by atoms with van der Waals surface area (Å²) >= 11 is 9.12. The van der Waals surface area contributed by atoms with Gasteiger partial charge in [0.2, 0.25) is 5.82 Å². The van der Waals surface area contributed by atoms with Gasteiger partial charge in [-0.2, -0.15) is 0 Å². The Balaban J connectivity index is 2.76. The number of rotatable bonds is 1. The lowest BCUT2D eigenvalue weighted by atomic mass is 10.3. The first-order valence-electron chi connectivity index (χ1n) is 3.66. The molecule has 1 aromatic heterocycles. The van der Waals surface area contributed by atoms with Gasteiger partial charge in [-0.3, -0.25) is 0 Å². The Morgan fingerprint density at radius 3 is 2.93 bits per heavy atom. The fourth-order valence-corrected chi connectivity index (χ4v) is 1.99. The van der Waals surface area contributed by atoms with Crippen molar-refractivity contribution in [2.45, 2.75) is 0 Å². The lowest BCUT2D eigenvalue weighted by Crippen LogP contribution is -1.97. The molecule has 0 spiro atoms. The van der Waals surface area contributed by atoms with Crippen molar-refractivity contribution < 1.29 is 9.90 Å². The second-order valence-corrected chi connectivity index (χ2v) is 4.00. The molecule has 0 saturated heterocycles. The van der Waals surface area contributed by atoms with Crippen molar-refractivity contribution in [1.29, 1.82) is 0 Å². The third-order valence-electron chi connectivity index (χ3n) is 1.71. The van der Waals surface area contributed by atoms with E-state index in [0.717, 1.165) is 4.47 Å². The maximum absolute atomic E-state index is 10.6. The third kappa shape index (κ3) is 1.49. The number of nitrogens with zero attached hydrogens (tertiary/aromatic N) is 1. The van der Waals surface area contributed by atoms with E-state index in [1.165, 1.54) is 0 Å². The van der Waals surface area contributed by atoms with Gasteiger partial charge in [-0.05, 0) is 12.1 Å². The molecule has 2 aromatic rings. The Kier molecular flexibility index (Phi) is 2.20. The number of aromatic amines is 1. The molecule has 0 atom stereocenters. The average molecular weight is 275 g/mol. The van der Waals surface area contributed by atoms with Crippen molar-refractivity contribution in [3.63, 3.8) is 0 Å². The molecule has 1 heterocycles. The zero-order valence-corrected chi connectivity index (χ0v) is 9.06. The molecule has 0 fully saturated rings. The van der Waals surface area contributed by atoms with Crippen LogP contribution in [0.4, 0.5) is 0 Å². The number of carboxylic acids is 1. The van der Waals surface area contributed by atoms with E-state index in [4.69, 9.17) is 16.7 Å². The van der Waals surface area contributed by atoms with Crippen molar-refractivity contribution in [2.75, 3.05) is 0 Å². The number of halogens is 2. The van der Waals surface area contributed by atoms with Crippen LogP contribution in [0.2, 0.25) is 5.02 Å². The van der Waals surface area contributed by atoms with E-state index >= 15 is 0 Å². The van der Waals surface area contributed by atoms with Crippen LogP contribution < -0.4 is 0 Å². The summed E-state index contributed by atoms with van der Waals surface area (Å²) in [4.78, 5) is 17.1. The van der Waals surface area contributed by atoms with E-state index in [1.807, 2.05) is 0 Å². The zero-order valence-electron chi connectivity index (χ0n) is 6.71. The average Bonchev–Trinajstić information content (AvgIpc) is 2.47. The number of carbonyl (C=O) groups is 1. The molecule has 0 aliphatic heterocycles. The van der Waals surface area contributed by atoms with Gasteiger partial charge in [-0.15, -0.1) is 0 Å². The number of carboxylic acid groups (broad SMARTS) is 1. The van der Waals surface area contributed by atoms with Gasteiger partial charge >= 0.3 is 5.97 Å². The minimum absolute atomic E-state index is 0.111. The van der Waals surface area contributed by atoms with Crippen molar-refractivity contribution in [1.82, 2.24) is 9.97 Å². The number of imidazole rings is 1. The molecule has 0 aliphatic carbocycles. The molecular formula is C8H4BrClN2O2. The first kappa shape index (κ1) is 9.48. The first-order valence-corrected chi connectivity index (χ1v) is 4.83. The highest BCUT2D eigenvalue weighted by Gasteiger charge is 2.11. The summed E-state index contributed by atoms with van der Waals surface area (Å²) in [6, 6.07) is 3.39. The number of aromatic nitrogens is 2. The Hall–Kier alpha value is -1.07. The van der Waals surface area contributed by atoms with Crippen molar-refractivity contribution >= 4 is 44.5 Å². The van der Waals surface area contributed by atoms with Crippen LogP contribution >= 0.6 is 27.5 Å². The molecule has 0 saturated carbocycles. The van der Waals surface area contributed by atoms with Gasteiger partial charge in [0.1, 0.15) is 5.52 Å². The highest BCUT2D eigenvalue weighted by Crippen LogP contribution is 2.26. The molecule has 72 valence electrons. The molecule has 0 unspecified atom stereocenters. The summed E-state index contributed by atoms with van der Waals surface area (Å²) < 4.78 is 0.774. The molecule has 2 N–H and O–H groups in total. The van der Waals surface area contributed by atoms with Gasteiger partial charge in [-0.1, -0.05) is 27.5 Å². The van der Waals surface area contributed by atoms with E-state index in [1.54, 1.807) is 12.1 Å². The lowest BCUT2D eigenvalue weighted by molar-refractivity contribution is 0.0685. The fourth-order valence-electron chi connectivity index (χ4n) is 1.14. The number of nitrogens with one attached hydrogen (secondary N) is 1.